The van der Waals surface area contributed by atoms with Crippen molar-refractivity contribution in [2.75, 3.05) is 33.4 Å². The lowest BCUT2D eigenvalue weighted by Gasteiger charge is -2.28. The van der Waals surface area contributed by atoms with Crippen molar-refractivity contribution in [2.45, 2.75) is 25.9 Å². The van der Waals surface area contributed by atoms with Gasteiger partial charge in [-0.3, -0.25) is 0 Å². The highest BCUT2D eigenvalue weighted by Gasteiger charge is 2.21. The molecule has 1 atom stereocenters. The molecule has 1 heterocycles. The van der Waals surface area contributed by atoms with Crippen LogP contribution in [0.3, 0.4) is 0 Å². The third-order valence-corrected chi connectivity index (χ3v) is 4.01. The van der Waals surface area contributed by atoms with E-state index in [0.29, 0.717) is 6.61 Å². The summed E-state index contributed by atoms with van der Waals surface area (Å²) in [6.45, 7) is 5.77. The van der Waals surface area contributed by atoms with Crippen molar-refractivity contribution in [3.8, 4) is 11.5 Å². The summed E-state index contributed by atoms with van der Waals surface area (Å²) in [7, 11) is 1.64. The van der Waals surface area contributed by atoms with Crippen LogP contribution in [-0.2, 0) is 0 Å². The van der Waals surface area contributed by atoms with Gasteiger partial charge in [-0.2, -0.15) is 0 Å². The Labute approximate surface area is 121 Å². The average Bonchev–Trinajstić information content (AvgIpc) is 2.48. The van der Waals surface area contributed by atoms with E-state index < -0.39 is 6.10 Å². The lowest BCUT2D eigenvalue weighted by Crippen LogP contribution is -3.14. The van der Waals surface area contributed by atoms with E-state index in [1.807, 2.05) is 24.3 Å². The van der Waals surface area contributed by atoms with Crippen molar-refractivity contribution in [1.82, 2.24) is 0 Å². The minimum Gasteiger partial charge on any atom is -0.497 e. The number of aliphatic hydroxyl groups excluding tert-OH is 1. The number of nitrogens with one attached hydrogen (secondary N) is 1. The standard InChI is InChI=1S/C16H25NO3/c1-13-7-9-17(10-8-13)11-14(18)12-20-16-5-3-15(19-2)4-6-16/h3-6,13-14,18H,7-12H2,1-2H3/p+1/t14-/m1/s1. The molecule has 0 spiro atoms. The van der Waals surface area contributed by atoms with Gasteiger partial charge in [-0.25, -0.2) is 0 Å². The third-order valence-electron chi connectivity index (χ3n) is 4.01. The summed E-state index contributed by atoms with van der Waals surface area (Å²) in [5.74, 6) is 2.42. The van der Waals surface area contributed by atoms with Gasteiger partial charge >= 0.3 is 0 Å². The van der Waals surface area contributed by atoms with Gasteiger partial charge < -0.3 is 19.5 Å². The zero-order chi connectivity index (χ0) is 14.4. The number of piperidine rings is 1. The summed E-state index contributed by atoms with van der Waals surface area (Å²) >= 11 is 0. The van der Waals surface area contributed by atoms with Gasteiger partial charge in [0.15, 0.2) is 0 Å². The fourth-order valence-corrected chi connectivity index (χ4v) is 2.63. The second-order valence-corrected chi connectivity index (χ2v) is 5.78. The van der Waals surface area contributed by atoms with Gasteiger partial charge in [-0.15, -0.1) is 0 Å². The molecule has 1 aromatic rings. The van der Waals surface area contributed by atoms with E-state index in [9.17, 15) is 5.11 Å². The largest absolute Gasteiger partial charge is 0.497 e. The van der Waals surface area contributed by atoms with Gasteiger partial charge in [0.05, 0.1) is 20.2 Å². The number of methoxy groups -OCH3 is 1. The summed E-state index contributed by atoms with van der Waals surface area (Å²) in [6.07, 6.45) is 2.13. The van der Waals surface area contributed by atoms with E-state index in [1.54, 1.807) is 7.11 Å². The summed E-state index contributed by atoms with van der Waals surface area (Å²) in [6, 6.07) is 7.44. The first-order valence-corrected chi connectivity index (χ1v) is 7.46. The van der Waals surface area contributed by atoms with Crippen molar-refractivity contribution in [2.24, 2.45) is 5.92 Å². The Balaban J connectivity index is 1.70. The molecule has 1 aliphatic rings. The van der Waals surface area contributed by atoms with Crippen LogP contribution in [0.15, 0.2) is 24.3 Å². The van der Waals surface area contributed by atoms with Crippen LogP contribution in [0.4, 0.5) is 0 Å². The lowest BCUT2D eigenvalue weighted by atomic mass is 9.99. The molecule has 20 heavy (non-hydrogen) atoms. The Hall–Kier alpha value is -1.26. The molecular weight excluding hydrogens is 254 g/mol. The zero-order valence-corrected chi connectivity index (χ0v) is 12.5. The molecule has 0 aliphatic carbocycles. The quantitative estimate of drug-likeness (QED) is 0.808. The summed E-state index contributed by atoms with van der Waals surface area (Å²) in [4.78, 5) is 1.49. The van der Waals surface area contributed by atoms with Crippen LogP contribution < -0.4 is 14.4 Å². The lowest BCUT2D eigenvalue weighted by molar-refractivity contribution is -0.909. The fourth-order valence-electron chi connectivity index (χ4n) is 2.63. The van der Waals surface area contributed by atoms with Gasteiger partial charge in [0.2, 0.25) is 0 Å². The van der Waals surface area contributed by atoms with Crippen LogP contribution in [0.5, 0.6) is 11.5 Å². The van der Waals surface area contributed by atoms with Crippen molar-refractivity contribution < 1.29 is 19.5 Å². The molecule has 0 amide bonds. The normalized spacial score (nSPS) is 24.1. The Morgan fingerprint density at radius 3 is 2.40 bits per heavy atom. The van der Waals surface area contributed by atoms with E-state index >= 15 is 0 Å². The van der Waals surface area contributed by atoms with Crippen LogP contribution in [0.1, 0.15) is 19.8 Å². The van der Waals surface area contributed by atoms with E-state index in [0.717, 1.165) is 24.0 Å². The smallest absolute Gasteiger partial charge is 0.137 e. The topological polar surface area (TPSA) is 43.1 Å². The highest BCUT2D eigenvalue weighted by atomic mass is 16.5. The number of quaternary nitrogens is 1. The Morgan fingerprint density at radius 1 is 1.20 bits per heavy atom. The highest BCUT2D eigenvalue weighted by Crippen LogP contribution is 2.17. The molecular formula is C16H26NO3+. The first kappa shape index (κ1) is 15.1. The number of benzene rings is 1. The van der Waals surface area contributed by atoms with Crippen LogP contribution in [0.2, 0.25) is 0 Å². The molecule has 0 radical (unpaired) electrons. The highest BCUT2D eigenvalue weighted by molar-refractivity contribution is 5.31. The summed E-state index contributed by atoms with van der Waals surface area (Å²) in [5, 5.41) is 10.1. The molecule has 2 N–H and O–H groups in total. The Kier molecular flexibility index (Phi) is 5.68. The molecule has 1 saturated heterocycles. The first-order valence-electron chi connectivity index (χ1n) is 7.46. The maximum atomic E-state index is 10.1. The van der Waals surface area contributed by atoms with E-state index in [1.165, 1.54) is 30.8 Å². The molecule has 112 valence electrons. The van der Waals surface area contributed by atoms with Crippen LogP contribution in [0.25, 0.3) is 0 Å². The van der Waals surface area contributed by atoms with Crippen LogP contribution in [0, 0.1) is 5.92 Å². The Morgan fingerprint density at radius 2 is 1.80 bits per heavy atom. The average molecular weight is 280 g/mol. The van der Waals surface area contributed by atoms with E-state index in [-0.39, 0.29) is 0 Å². The second-order valence-electron chi connectivity index (χ2n) is 5.78. The predicted molar refractivity (Wildman–Crippen MR) is 78.5 cm³/mol. The Bertz CT molecular complexity index is 385. The number of ether oxygens (including phenoxy) is 2. The number of aliphatic hydroxyl groups is 1. The van der Waals surface area contributed by atoms with E-state index in [2.05, 4.69) is 6.92 Å². The minimum atomic E-state index is -0.402. The molecule has 0 aromatic heterocycles. The van der Waals surface area contributed by atoms with Crippen molar-refractivity contribution in [3.05, 3.63) is 24.3 Å². The van der Waals surface area contributed by atoms with Crippen molar-refractivity contribution in [1.29, 1.82) is 0 Å². The molecule has 4 heteroatoms. The van der Waals surface area contributed by atoms with Gasteiger partial charge in [0.25, 0.3) is 0 Å². The number of hydrogen-bond acceptors (Lipinski definition) is 3. The van der Waals surface area contributed by atoms with Crippen LogP contribution in [-0.4, -0.2) is 44.6 Å². The predicted octanol–water partition coefficient (Wildman–Crippen LogP) is 0.750. The zero-order valence-electron chi connectivity index (χ0n) is 12.5. The molecule has 1 aromatic carbocycles. The molecule has 2 rings (SSSR count). The number of likely N-dealkylation sites (tertiary alicyclic amines) is 1. The molecule has 0 unspecified atom stereocenters. The maximum absolute atomic E-state index is 10.1. The molecule has 0 bridgehead atoms. The number of hydrogen-bond donors (Lipinski definition) is 2. The molecule has 4 nitrogen and oxygen atoms in total. The van der Waals surface area contributed by atoms with Gasteiger partial charge in [0.1, 0.15) is 30.8 Å². The molecule has 1 fully saturated rings. The SMILES string of the molecule is COc1ccc(OC[C@H](O)C[NH+]2CCC(C)CC2)cc1. The fraction of sp³-hybridized carbons (Fsp3) is 0.625. The maximum Gasteiger partial charge on any atom is 0.137 e. The summed E-state index contributed by atoms with van der Waals surface area (Å²) < 4.78 is 10.7. The summed E-state index contributed by atoms with van der Waals surface area (Å²) in [5.41, 5.74) is 0. The van der Waals surface area contributed by atoms with E-state index in [4.69, 9.17) is 9.47 Å². The van der Waals surface area contributed by atoms with Crippen molar-refractivity contribution in [3.63, 3.8) is 0 Å². The van der Waals surface area contributed by atoms with Crippen molar-refractivity contribution >= 4 is 0 Å². The van der Waals surface area contributed by atoms with Gasteiger partial charge in [-0.05, 0) is 43.0 Å². The monoisotopic (exact) mass is 280 g/mol. The molecule has 1 aliphatic heterocycles. The third kappa shape index (κ3) is 4.69. The van der Waals surface area contributed by atoms with Crippen LogP contribution >= 0.6 is 0 Å². The molecule has 0 saturated carbocycles. The van der Waals surface area contributed by atoms with Gasteiger partial charge in [0, 0.05) is 0 Å². The van der Waals surface area contributed by atoms with Gasteiger partial charge in [-0.1, -0.05) is 6.92 Å². The first-order chi connectivity index (χ1) is 9.67. The second kappa shape index (κ2) is 7.50. The number of rotatable bonds is 6. The minimum absolute atomic E-state index is 0.353.